The average Bonchev–Trinajstić information content (AvgIpc) is 2.63. The lowest BCUT2D eigenvalue weighted by Gasteiger charge is -2.27. The lowest BCUT2D eigenvalue weighted by atomic mass is 9.97. The van der Waals surface area contributed by atoms with Crippen LogP contribution in [0.4, 0.5) is 4.39 Å². The number of nitrogens with zero attached hydrogens (tertiary/aromatic N) is 1. The summed E-state index contributed by atoms with van der Waals surface area (Å²) < 4.78 is 27.2. The van der Waals surface area contributed by atoms with Gasteiger partial charge in [-0.1, -0.05) is 6.92 Å². The van der Waals surface area contributed by atoms with Gasteiger partial charge in [0.05, 0.1) is 6.10 Å². The van der Waals surface area contributed by atoms with E-state index in [1.54, 1.807) is 0 Å². The van der Waals surface area contributed by atoms with Crippen molar-refractivity contribution < 1.29 is 13.7 Å². The van der Waals surface area contributed by atoms with E-state index < -0.39 is 35.4 Å². The first-order valence-electron chi connectivity index (χ1n) is 6.40. The Morgan fingerprint density at radius 2 is 2.30 bits per heavy atom. The molecule has 1 aliphatic rings. The van der Waals surface area contributed by atoms with Crippen LogP contribution in [0.15, 0.2) is 21.9 Å². The molecule has 0 radical (unpaired) electrons. The summed E-state index contributed by atoms with van der Waals surface area (Å²) >= 11 is 0. The van der Waals surface area contributed by atoms with Gasteiger partial charge in [0.15, 0.2) is 11.9 Å². The number of hydrogen-bond acceptors (Lipinski definition) is 4. The van der Waals surface area contributed by atoms with Gasteiger partial charge in [0, 0.05) is 21.1 Å². The van der Waals surface area contributed by atoms with Crippen molar-refractivity contribution in [2.45, 2.75) is 44.4 Å². The molecule has 0 spiro atoms. The minimum atomic E-state index is -1.86. The van der Waals surface area contributed by atoms with Crippen LogP contribution in [0.5, 0.6) is 0 Å². The van der Waals surface area contributed by atoms with Crippen molar-refractivity contribution in [3.8, 4) is 0 Å². The molecule has 20 heavy (non-hydrogen) atoms. The average molecular weight is 304 g/mol. The summed E-state index contributed by atoms with van der Waals surface area (Å²) in [4.78, 5) is 25.0. The van der Waals surface area contributed by atoms with E-state index in [1.807, 2.05) is 13.6 Å². The number of ether oxygens (including phenoxy) is 1. The maximum absolute atomic E-state index is 15.0. The van der Waals surface area contributed by atoms with Crippen LogP contribution in [0.25, 0.3) is 0 Å². The number of halogens is 1. The third kappa shape index (κ3) is 2.57. The lowest BCUT2D eigenvalue weighted by Crippen LogP contribution is -2.43. The highest BCUT2D eigenvalue weighted by Gasteiger charge is 2.55. The van der Waals surface area contributed by atoms with Gasteiger partial charge < -0.3 is 9.26 Å². The fourth-order valence-electron chi connectivity index (χ4n) is 2.45. The Hall–Kier alpha value is -1.04. The molecule has 1 aromatic rings. The molecule has 0 bridgehead atoms. The zero-order chi connectivity index (χ0) is 14.9. The summed E-state index contributed by atoms with van der Waals surface area (Å²) in [6.45, 7) is 5.03. The molecular formula is C12H18FN2O4P. The molecule has 1 aliphatic heterocycles. The maximum Gasteiger partial charge on any atom is 0.330 e. The van der Waals surface area contributed by atoms with E-state index in [0.717, 1.165) is 10.6 Å². The quantitative estimate of drug-likeness (QED) is 0.848. The second-order valence-electron chi connectivity index (χ2n) is 4.85. The number of alkyl halides is 1. The molecule has 2 unspecified atom stereocenters. The Labute approximate surface area is 117 Å². The Morgan fingerprint density at radius 1 is 1.60 bits per heavy atom. The summed E-state index contributed by atoms with van der Waals surface area (Å²) in [6, 6.07) is 1.16. The van der Waals surface area contributed by atoms with Gasteiger partial charge in [0.25, 0.3) is 5.56 Å². The smallest absolute Gasteiger partial charge is 0.330 e. The topological polar surface area (TPSA) is 73.3 Å². The van der Waals surface area contributed by atoms with Gasteiger partial charge in [-0.2, -0.15) is 0 Å². The molecule has 1 saturated heterocycles. The molecule has 2 heterocycles. The molecular weight excluding hydrogens is 286 g/mol. The first kappa shape index (κ1) is 15.4. The lowest BCUT2D eigenvalue weighted by molar-refractivity contribution is -0.0506. The van der Waals surface area contributed by atoms with Crippen molar-refractivity contribution in [2.24, 2.45) is 0 Å². The number of nitrogens with one attached hydrogen (secondary N) is 1. The fraction of sp³-hybridized carbons (Fsp3) is 0.667. The van der Waals surface area contributed by atoms with E-state index >= 15 is 4.39 Å². The van der Waals surface area contributed by atoms with Crippen LogP contribution in [0.3, 0.4) is 0 Å². The molecule has 1 aromatic heterocycles. The van der Waals surface area contributed by atoms with Crippen LogP contribution in [-0.2, 0) is 9.26 Å². The van der Waals surface area contributed by atoms with Crippen LogP contribution in [-0.4, -0.2) is 34.1 Å². The maximum atomic E-state index is 15.0. The van der Waals surface area contributed by atoms with E-state index in [2.05, 4.69) is 4.98 Å². The first-order chi connectivity index (χ1) is 9.41. The number of hydrogen-bond donors (Lipinski definition) is 1. The van der Waals surface area contributed by atoms with Crippen molar-refractivity contribution in [2.75, 3.05) is 6.66 Å². The summed E-state index contributed by atoms with van der Waals surface area (Å²) in [5.74, 6) is 0. The molecule has 1 fully saturated rings. The molecule has 0 saturated carbocycles. The van der Waals surface area contributed by atoms with E-state index in [9.17, 15) is 9.59 Å². The highest BCUT2D eigenvalue weighted by molar-refractivity contribution is 7.31. The van der Waals surface area contributed by atoms with Crippen molar-refractivity contribution in [1.82, 2.24) is 9.55 Å². The number of H-pyrrole nitrogens is 1. The molecule has 0 aromatic carbocycles. The molecule has 1 N–H and O–H groups in total. The highest BCUT2D eigenvalue weighted by atomic mass is 31.1. The second-order valence-corrected chi connectivity index (χ2v) is 5.49. The van der Waals surface area contributed by atoms with Crippen LogP contribution >= 0.6 is 8.81 Å². The summed E-state index contributed by atoms with van der Waals surface area (Å²) in [5, 5.41) is 0. The third-order valence-corrected chi connectivity index (χ3v) is 3.92. The van der Waals surface area contributed by atoms with Crippen molar-refractivity contribution in [3.05, 3.63) is 33.1 Å². The van der Waals surface area contributed by atoms with Crippen LogP contribution in [0.1, 0.15) is 26.5 Å². The van der Waals surface area contributed by atoms with Gasteiger partial charge in [-0.25, -0.2) is 9.18 Å². The summed E-state index contributed by atoms with van der Waals surface area (Å²) in [7, 11) is 0.125. The van der Waals surface area contributed by atoms with Crippen molar-refractivity contribution in [3.63, 3.8) is 0 Å². The molecule has 6 nitrogen and oxygen atoms in total. The zero-order valence-corrected chi connectivity index (χ0v) is 12.6. The van der Waals surface area contributed by atoms with Gasteiger partial charge in [0.1, 0.15) is 6.10 Å². The predicted octanol–water partition coefficient (Wildman–Crippen LogP) is 1.18. The highest BCUT2D eigenvalue weighted by Crippen LogP contribution is 2.44. The Balaban J connectivity index is 2.42. The van der Waals surface area contributed by atoms with E-state index in [-0.39, 0.29) is 8.81 Å². The van der Waals surface area contributed by atoms with Crippen molar-refractivity contribution >= 4 is 8.81 Å². The molecule has 0 amide bonds. The monoisotopic (exact) mass is 304 g/mol. The molecule has 112 valence electrons. The Kier molecular flexibility index (Phi) is 4.42. The fourth-order valence-corrected chi connectivity index (χ4v) is 3.09. The molecule has 8 heteroatoms. The molecule has 0 aliphatic carbocycles. The van der Waals surface area contributed by atoms with Gasteiger partial charge in [-0.05, 0) is 20.0 Å². The number of aromatic nitrogens is 2. The van der Waals surface area contributed by atoms with E-state index in [4.69, 9.17) is 9.26 Å². The Morgan fingerprint density at radius 3 is 2.85 bits per heavy atom. The van der Waals surface area contributed by atoms with Gasteiger partial charge in [0.2, 0.25) is 0 Å². The van der Waals surface area contributed by atoms with Crippen LogP contribution in [0, 0.1) is 0 Å². The van der Waals surface area contributed by atoms with Gasteiger partial charge >= 0.3 is 5.69 Å². The summed E-state index contributed by atoms with van der Waals surface area (Å²) in [6.07, 6.45) is -0.463. The Bertz CT molecular complexity index is 585. The summed E-state index contributed by atoms with van der Waals surface area (Å²) in [5.41, 5.74) is -3.08. The van der Waals surface area contributed by atoms with Gasteiger partial charge in [-0.3, -0.25) is 14.3 Å². The first-order valence-corrected chi connectivity index (χ1v) is 7.80. The zero-order valence-electron chi connectivity index (χ0n) is 11.6. The second kappa shape index (κ2) is 5.76. The number of aromatic amines is 1. The van der Waals surface area contributed by atoms with Crippen LogP contribution < -0.4 is 11.2 Å². The van der Waals surface area contributed by atoms with Crippen LogP contribution in [0.2, 0.25) is 0 Å². The van der Waals surface area contributed by atoms with Crippen molar-refractivity contribution in [1.29, 1.82) is 0 Å². The van der Waals surface area contributed by atoms with E-state index in [1.165, 1.54) is 13.1 Å². The minimum absolute atomic E-state index is 0.125. The predicted molar refractivity (Wildman–Crippen MR) is 74.1 cm³/mol. The molecule has 2 rings (SSSR count). The largest absolute Gasteiger partial charge is 0.353 e. The minimum Gasteiger partial charge on any atom is -0.353 e. The number of rotatable bonds is 4. The SMILES string of the molecule is CC[C@H]1O[C@@H](n2ccc(=O)[nH]c2=O)C(C)(F)[C@H]1OPC. The molecule has 5 atom stereocenters. The van der Waals surface area contributed by atoms with Gasteiger partial charge in [-0.15, -0.1) is 0 Å². The van der Waals surface area contributed by atoms with E-state index in [0.29, 0.717) is 6.42 Å². The normalized spacial score (nSPS) is 34.1. The standard InChI is InChI=1S/C12H18FN2O4P/c1-4-7-9(19-20-3)12(2,13)10(18-7)15-6-5-8(16)14-11(15)17/h5-7,9-10,20H,4H2,1-3H3,(H,14,16,17)/t7-,9+,10-,12?/m1/s1. The third-order valence-electron chi connectivity index (χ3n) is 3.43.